The molecular weight excluding hydrogens is 333 g/mol. The predicted molar refractivity (Wildman–Crippen MR) is 86.6 cm³/mol. The quantitative estimate of drug-likeness (QED) is 0.774. The molecule has 1 aromatic heterocycles. The van der Waals surface area contributed by atoms with E-state index in [1.165, 1.54) is 31.3 Å². The number of nitrogens with zero attached hydrogens (tertiary/aromatic N) is 3. The molecular formula is C17H11F3N4O. The van der Waals surface area contributed by atoms with Crippen molar-refractivity contribution in [3.8, 4) is 11.8 Å². The number of hydrogen-bond donors (Lipinski definition) is 1. The molecule has 0 fully saturated rings. The maximum atomic E-state index is 13.1. The summed E-state index contributed by atoms with van der Waals surface area (Å²) in [4.78, 5) is 16.3. The topological polar surface area (TPSA) is 70.7 Å². The molecule has 3 rings (SSSR count). The van der Waals surface area contributed by atoms with E-state index in [0.717, 1.165) is 16.7 Å². The normalized spacial score (nSPS) is 11.3. The first-order chi connectivity index (χ1) is 11.8. The van der Waals surface area contributed by atoms with Crippen LogP contribution in [0.5, 0.6) is 0 Å². The molecule has 0 aliphatic carbocycles. The molecule has 0 spiro atoms. The molecule has 0 saturated heterocycles. The number of anilines is 1. The molecule has 1 N–H and O–H groups in total. The number of benzene rings is 2. The molecule has 1 heterocycles. The zero-order valence-corrected chi connectivity index (χ0v) is 12.9. The van der Waals surface area contributed by atoms with Gasteiger partial charge in [-0.05, 0) is 36.4 Å². The van der Waals surface area contributed by atoms with Crippen molar-refractivity contribution in [3.63, 3.8) is 0 Å². The van der Waals surface area contributed by atoms with Gasteiger partial charge in [0.2, 0.25) is 0 Å². The van der Waals surface area contributed by atoms with Crippen molar-refractivity contribution in [2.45, 2.75) is 6.18 Å². The van der Waals surface area contributed by atoms with Gasteiger partial charge in [0.1, 0.15) is 5.82 Å². The largest absolute Gasteiger partial charge is 0.416 e. The van der Waals surface area contributed by atoms with Crippen LogP contribution in [-0.2, 0) is 6.18 Å². The Hall–Kier alpha value is -3.34. The Balaban J connectivity index is 2.43. The summed E-state index contributed by atoms with van der Waals surface area (Å²) >= 11 is 0. The van der Waals surface area contributed by atoms with Gasteiger partial charge in [0, 0.05) is 12.4 Å². The summed E-state index contributed by atoms with van der Waals surface area (Å²) < 4.78 is 40.3. The van der Waals surface area contributed by atoms with Crippen LogP contribution in [0, 0.1) is 11.3 Å². The van der Waals surface area contributed by atoms with Crippen LogP contribution >= 0.6 is 0 Å². The Labute approximate surface area is 140 Å². The van der Waals surface area contributed by atoms with Crippen LogP contribution in [0.15, 0.2) is 47.3 Å². The van der Waals surface area contributed by atoms with Gasteiger partial charge < -0.3 is 5.32 Å². The van der Waals surface area contributed by atoms with Gasteiger partial charge in [-0.15, -0.1) is 0 Å². The minimum absolute atomic E-state index is 0.0502. The van der Waals surface area contributed by atoms with E-state index in [9.17, 15) is 18.0 Å². The molecule has 0 aliphatic rings. The number of halogens is 3. The van der Waals surface area contributed by atoms with E-state index in [1.54, 1.807) is 6.07 Å². The predicted octanol–water partition coefficient (Wildman–Crippen LogP) is 3.32. The van der Waals surface area contributed by atoms with Crippen LogP contribution in [0.25, 0.3) is 16.6 Å². The van der Waals surface area contributed by atoms with E-state index in [-0.39, 0.29) is 22.6 Å². The van der Waals surface area contributed by atoms with Gasteiger partial charge in [-0.3, -0.25) is 4.57 Å². The number of rotatable bonds is 2. The van der Waals surface area contributed by atoms with E-state index in [1.807, 2.05) is 6.07 Å². The van der Waals surface area contributed by atoms with Crippen LogP contribution < -0.4 is 11.0 Å². The average Bonchev–Trinajstić information content (AvgIpc) is 2.59. The van der Waals surface area contributed by atoms with Crippen LogP contribution in [0.4, 0.5) is 19.0 Å². The summed E-state index contributed by atoms with van der Waals surface area (Å²) in [7, 11) is 1.53. The van der Waals surface area contributed by atoms with Gasteiger partial charge in [-0.1, -0.05) is 6.07 Å². The van der Waals surface area contributed by atoms with Crippen LogP contribution in [0.2, 0.25) is 0 Å². The molecule has 0 saturated carbocycles. The average molecular weight is 344 g/mol. The smallest absolute Gasteiger partial charge is 0.372 e. The molecule has 0 unspecified atom stereocenters. The third kappa shape index (κ3) is 2.92. The molecule has 126 valence electrons. The summed E-state index contributed by atoms with van der Waals surface area (Å²) in [5, 5.41) is 12.1. The number of fused-ring (bicyclic) bond motifs is 1. The van der Waals surface area contributed by atoms with Gasteiger partial charge in [-0.2, -0.15) is 23.4 Å². The molecule has 25 heavy (non-hydrogen) atoms. The van der Waals surface area contributed by atoms with E-state index in [4.69, 9.17) is 5.26 Å². The Bertz CT molecular complexity index is 1060. The molecule has 0 radical (unpaired) electrons. The van der Waals surface area contributed by atoms with Gasteiger partial charge in [0.25, 0.3) is 0 Å². The van der Waals surface area contributed by atoms with Crippen molar-refractivity contribution in [1.82, 2.24) is 9.55 Å². The van der Waals surface area contributed by atoms with Crippen molar-refractivity contribution < 1.29 is 13.2 Å². The van der Waals surface area contributed by atoms with Crippen molar-refractivity contribution in [2.75, 3.05) is 12.4 Å². The summed E-state index contributed by atoms with van der Waals surface area (Å²) in [5.74, 6) is 0.182. The molecule has 2 aromatic carbocycles. The Morgan fingerprint density at radius 3 is 2.60 bits per heavy atom. The lowest BCUT2D eigenvalue weighted by Gasteiger charge is -2.15. The lowest BCUT2D eigenvalue weighted by molar-refractivity contribution is -0.137. The highest BCUT2D eigenvalue weighted by Crippen LogP contribution is 2.33. The molecule has 0 aliphatic heterocycles. The Kier molecular flexibility index (Phi) is 3.93. The fourth-order valence-electron chi connectivity index (χ4n) is 2.56. The highest BCUT2D eigenvalue weighted by molar-refractivity contribution is 5.90. The zero-order chi connectivity index (χ0) is 18.2. The number of hydrogen-bond acceptors (Lipinski definition) is 4. The van der Waals surface area contributed by atoms with Crippen molar-refractivity contribution in [1.29, 1.82) is 5.26 Å². The van der Waals surface area contributed by atoms with E-state index < -0.39 is 17.4 Å². The monoisotopic (exact) mass is 344 g/mol. The standard InChI is InChI=1S/C17H11F3N4O/c1-22-15-13-6-5-11(17(18,19)20)8-14(13)24(16(25)23-15)12-4-2-3-10(7-12)9-21/h2-8H,1H3,(H,22,23,25). The minimum Gasteiger partial charge on any atom is -0.372 e. The molecule has 0 bridgehead atoms. The van der Waals surface area contributed by atoms with Gasteiger partial charge in [-0.25, -0.2) is 4.79 Å². The van der Waals surface area contributed by atoms with Crippen molar-refractivity contribution >= 4 is 16.7 Å². The van der Waals surface area contributed by atoms with E-state index in [2.05, 4.69) is 10.3 Å². The summed E-state index contributed by atoms with van der Waals surface area (Å²) in [5.41, 5.74) is -1.02. The maximum Gasteiger partial charge on any atom is 0.416 e. The fraction of sp³-hybridized carbons (Fsp3) is 0.118. The summed E-state index contributed by atoms with van der Waals surface area (Å²) in [6, 6.07) is 11.1. The number of aromatic nitrogens is 2. The highest BCUT2D eigenvalue weighted by atomic mass is 19.4. The molecule has 5 nitrogen and oxygen atoms in total. The van der Waals surface area contributed by atoms with Crippen molar-refractivity contribution in [3.05, 3.63) is 64.1 Å². The second-order valence-corrected chi connectivity index (χ2v) is 5.22. The first-order valence-corrected chi connectivity index (χ1v) is 7.17. The van der Waals surface area contributed by atoms with Crippen molar-refractivity contribution in [2.24, 2.45) is 0 Å². The van der Waals surface area contributed by atoms with E-state index >= 15 is 0 Å². The lowest BCUT2D eigenvalue weighted by Crippen LogP contribution is -2.23. The molecule has 8 heteroatoms. The number of alkyl halides is 3. The molecule has 0 amide bonds. The highest BCUT2D eigenvalue weighted by Gasteiger charge is 2.31. The summed E-state index contributed by atoms with van der Waals surface area (Å²) in [6.45, 7) is 0. The minimum atomic E-state index is -4.55. The molecule has 0 atom stereocenters. The number of nitriles is 1. The van der Waals surface area contributed by atoms with Crippen LogP contribution in [-0.4, -0.2) is 16.6 Å². The Morgan fingerprint density at radius 1 is 1.20 bits per heavy atom. The summed E-state index contributed by atoms with van der Waals surface area (Å²) in [6.07, 6.45) is -4.55. The second-order valence-electron chi connectivity index (χ2n) is 5.22. The first kappa shape index (κ1) is 16.5. The van der Waals surface area contributed by atoms with Gasteiger partial charge >= 0.3 is 11.9 Å². The lowest BCUT2D eigenvalue weighted by atomic mass is 10.1. The number of nitrogens with one attached hydrogen (secondary N) is 1. The third-order valence-corrected chi connectivity index (χ3v) is 3.69. The van der Waals surface area contributed by atoms with Gasteiger partial charge in [0.05, 0.1) is 28.4 Å². The maximum absolute atomic E-state index is 13.1. The zero-order valence-electron chi connectivity index (χ0n) is 12.9. The van der Waals surface area contributed by atoms with Crippen LogP contribution in [0.3, 0.4) is 0 Å². The SMILES string of the molecule is CNc1nc(=O)n(-c2cccc(C#N)c2)c2cc(C(F)(F)F)ccc12. The molecule has 3 aromatic rings. The first-order valence-electron chi connectivity index (χ1n) is 7.17. The third-order valence-electron chi connectivity index (χ3n) is 3.69. The van der Waals surface area contributed by atoms with E-state index in [0.29, 0.717) is 5.39 Å². The fourth-order valence-corrected chi connectivity index (χ4v) is 2.56. The Morgan fingerprint density at radius 2 is 1.96 bits per heavy atom. The second kappa shape index (κ2) is 5.94. The van der Waals surface area contributed by atoms with Gasteiger partial charge in [0.15, 0.2) is 0 Å². The van der Waals surface area contributed by atoms with Crippen LogP contribution in [0.1, 0.15) is 11.1 Å².